The Morgan fingerprint density at radius 3 is 2.95 bits per heavy atom. The van der Waals surface area contributed by atoms with Gasteiger partial charge in [0.1, 0.15) is 5.82 Å². The molecule has 0 aliphatic rings. The van der Waals surface area contributed by atoms with E-state index < -0.39 is 0 Å². The molecule has 0 bridgehead atoms. The predicted octanol–water partition coefficient (Wildman–Crippen LogP) is 2.04. The lowest BCUT2D eigenvalue weighted by molar-refractivity contribution is 0.202. The van der Waals surface area contributed by atoms with Crippen molar-refractivity contribution < 1.29 is 4.74 Å². The number of rotatable bonds is 4. The number of nitrogens with zero attached hydrogens (tertiary/aromatic N) is 2. The third kappa shape index (κ3) is 2.10. The molecular formula is C13H15N5OS. The van der Waals surface area contributed by atoms with Crippen LogP contribution in [0.1, 0.15) is 5.56 Å². The molecule has 0 amide bonds. The SMILES string of the molecule is COCCc1c(-c2ccn[nH]2)sc2c(N)cc(N)nc12. The maximum absolute atomic E-state index is 6.05. The Morgan fingerprint density at radius 2 is 2.25 bits per heavy atom. The molecule has 0 unspecified atom stereocenters. The van der Waals surface area contributed by atoms with Gasteiger partial charge < -0.3 is 16.2 Å². The lowest BCUT2D eigenvalue weighted by Gasteiger charge is -2.03. The van der Waals surface area contributed by atoms with Crippen LogP contribution in [0.3, 0.4) is 0 Å². The van der Waals surface area contributed by atoms with Crippen molar-refractivity contribution in [2.75, 3.05) is 25.2 Å². The minimum Gasteiger partial charge on any atom is -0.397 e. The Kier molecular flexibility index (Phi) is 3.29. The normalized spacial score (nSPS) is 11.2. The summed E-state index contributed by atoms with van der Waals surface area (Å²) in [6.45, 7) is 0.614. The van der Waals surface area contributed by atoms with Crippen LogP contribution in [0.15, 0.2) is 18.3 Å². The molecule has 0 spiro atoms. The number of hydrogen-bond acceptors (Lipinski definition) is 6. The first kappa shape index (κ1) is 12.9. The van der Waals surface area contributed by atoms with Gasteiger partial charge in [0.05, 0.1) is 33.1 Å². The highest BCUT2D eigenvalue weighted by molar-refractivity contribution is 7.23. The number of H-pyrrole nitrogens is 1. The minimum absolute atomic E-state index is 0.433. The standard InChI is InChI=1S/C13H15N5OS/c1-19-5-3-7-11-13(8(14)6-10(15)17-11)20-12(7)9-2-4-16-18-9/h2,4,6H,3,5H2,1H3,(H,16,18)(H4,14,15,17). The van der Waals surface area contributed by atoms with E-state index in [1.807, 2.05) is 6.07 Å². The predicted molar refractivity (Wildman–Crippen MR) is 81.6 cm³/mol. The third-order valence-electron chi connectivity index (χ3n) is 3.09. The van der Waals surface area contributed by atoms with E-state index in [-0.39, 0.29) is 0 Å². The molecule has 3 aromatic heterocycles. The summed E-state index contributed by atoms with van der Waals surface area (Å²) in [4.78, 5) is 5.52. The second-order valence-corrected chi connectivity index (χ2v) is 5.46. The molecule has 3 aromatic rings. The van der Waals surface area contributed by atoms with Crippen LogP contribution < -0.4 is 11.5 Å². The van der Waals surface area contributed by atoms with Crippen molar-refractivity contribution in [2.45, 2.75) is 6.42 Å². The van der Waals surface area contributed by atoms with E-state index in [9.17, 15) is 0 Å². The number of thiophene rings is 1. The van der Waals surface area contributed by atoms with Crippen molar-refractivity contribution in [3.05, 3.63) is 23.9 Å². The summed E-state index contributed by atoms with van der Waals surface area (Å²) >= 11 is 1.60. The van der Waals surface area contributed by atoms with Crippen LogP contribution >= 0.6 is 11.3 Å². The molecule has 7 heteroatoms. The number of nitrogen functional groups attached to an aromatic ring is 2. The second-order valence-electron chi connectivity index (χ2n) is 4.44. The highest BCUT2D eigenvalue weighted by Gasteiger charge is 2.18. The molecule has 3 rings (SSSR count). The molecular weight excluding hydrogens is 274 g/mol. The molecule has 3 heterocycles. The van der Waals surface area contributed by atoms with Gasteiger partial charge in [0.25, 0.3) is 0 Å². The quantitative estimate of drug-likeness (QED) is 0.682. The van der Waals surface area contributed by atoms with Gasteiger partial charge in [0.15, 0.2) is 0 Å². The Labute approximate surface area is 119 Å². The van der Waals surface area contributed by atoms with Crippen molar-refractivity contribution in [2.24, 2.45) is 0 Å². The van der Waals surface area contributed by atoms with Gasteiger partial charge in [-0.25, -0.2) is 4.98 Å². The monoisotopic (exact) mass is 289 g/mol. The number of aromatic amines is 1. The zero-order valence-corrected chi connectivity index (χ0v) is 11.8. The summed E-state index contributed by atoms with van der Waals surface area (Å²) in [6.07, 6.45) is 2.48. The maximum Gasteiger partial charge on any atom is 0.126 e. The Morgan fingerprint density at radius 1 is 1.40 bits per heavy atom. The summed E-state index contributed by atoms with van der Waals surface area (Å²) < 4.78 is 6.14. The van der Waals surface area contributed by atoms with Crippen LogP contribution in [-0.4, -0.2) is 28.9 Å². The molecule has 0 saturated carbocycles. The summed E-state index contributed by atoms with van der Waals surface area (Å²) in [5, 5.41) is 6.99. The zero-order chi connectivity index (χ0) is 14.1. The first-order valence-electron chi connectivity index (χ1n) is 6.16. The summed E-state index contributed by atoms with van der Waals surface area (Å²) in [6, 6.07) is 3.62. The Balaban J connectivity index is 2.25. The number of anilines is 2. The lowest BCUT2D eigenvalue weighted by Crippen LogP contribution is -1.98. The number of nitrogens with two attached hydrogens (primary N) is 2. The van der Waals surface area contributed by atoms with E-state index in [4.69, 9.17) is 16.2 Å². The van der Waals surface area contributed by atoms with Crippen LogP contribution in [-0.2, 0) is 11.2 Å². The smallest absolute Gasteiger partial charge is 0.126 e. The van der Waals surface area contributed by atoms with Gasteiger partial charge in [-0.2, -0.15) is 5.10 Å². The largest absolute Gasteiger partial charge is 0.397 e. The van der Waals surface area contributed by atoms with Gasteiger partial charge in [-0.1, -0.05) is 0 Å². The van der Waals surface area contributed by atoms with Crippen molar-refractivity contribution in [3.63, 3.8) is 0 Å². The maximum atomic E-state index is 6.05. The number of aromatic nitrogens is 3. The fourth-order valence-electron chi connectivity index (χ4n) is 2.19. The minimum atomic E-state index is 0.433. The number of hydrogen-bond donors (Lipinski definition) is 3. The summed E-state index contributed by atoms with van der Waals surface area (Å²) in [5.41, 5.74) is 15.4. The molecule has 104 valence electrons. The van der Waals surface area contributed by atoms with Crippen LogP contribution in [0.25, 0.3) is 20.8 Å². The third-order valence-corrected chi connectivity index (χ3v) is 4.39. The van der Waals surface area contributed by atoms with Crippen molar-refractivity contribution in [3.8, 4) is 10.6 Å². The molecule has 0 fully saturated rings. The van der Waals surface area contributed by atoms with Crippen LogP contribution in [0.2, 0.25) is 0 Å². The Bertz CT molecular complexity index is 735. The highest BCUT2D eigenvalue weighted by atomic mass is 32.1. The van der Waals surface area contributed by atoms with E-state index in [2.05, 4.69) is 15.2 Å². The molecule has 0 saturated heterocycles. The van der Waals surface area contributed by atoms with Crippen molar-refractivity contribution >= 4 is 33.1 Å². The van der Waals surface area contributed by atoms with Crippen LogP contribution in [0.4, 0.5) is 11.5 Å². The molecule has 0 atom stereocenters. The average molecular weight is 289 g/mol. The highest BCUT2D eigenvalue weighted by Crippen LogP contribution is 2.40. The number of nitrogens with one attached hydrogen (secondary N) is 1. The number of ether oxygens (including phenoxy) is 1. The van der Waals surface area contributed by atoms with E-state index in [0.717, 1.165) is 32.8 Å². The second kappa shape index (κ2) is 5.10. The van der Waals surface area contributed by atoms with Gasteiger partial charge >= 0.3 is 0 Å². The van der Waals surface area contributed by atoms with E-state index in [0.29, 0.717) is 18.1 Å². The lowest BCUT2D eigenvalue weighted by atomic mass is 10.1. The van der Waals surface area contributed by atoms with Crippen LogP contribution in [0.5, 0.6) is 0 Å². The first-order chi connectivity index (χ1) is 9.70. The van der Waals surface area contributed by atoms with Crippen molar-refractivity contribution in [1.82, 2.24) is 15.2 Å². The topological polar surface area (TPSA) is 103 Å². The van der Waals surface area contributed by atoms with E-state index in [1.54, 1.807) is 30.7 Å². The molecule has 0 aliphatic carbocycles. The fraction of sp³-hybridized carbons (Fsp3) is 0.231. The zero-order valence-electron chi connectivity index (χ0n) is 11.0. The molecule has 0 aromatic carbocycles. The molecule has 0 aliphatic heterocycles. The molecule has 20 heavy (non-hydrogen) atoms. The van der Waals surface area contributed by atoms with E-state index >= 15 is 0 Å². The van der Waals surface area contributed by atoms with Gasteiger partial charge in [-0.3, -0.25) is 5.10 Å². The van der Waals surface area contributed by atoms with Gasteiger partial charge in [-0.05, 0) is 12.5 Å². The van der Waals surface area contributed by atoms with Gasteiger partial charge in [0, 0.05) is 24.9 Å². The first-order valence-corrected chi connectivity index (χ1v) is 6.98. The summed E-state index contributed by atoms with van der Waals surface area (Å²) in [5.74, 6) is 0.433. The summed E-state index contributed by atoms with van der Waals surface area (Å²) in [7, 11) is 1.68. The Hall–Kier alpha value is -2.12. The molecule has 5 N–H and O–H groups in total. The van der Waals surface area contributed by atoms with Crippen LogP contribution in [0, 0.1) is 0 Å². The van der Waals surface area contributed by atoms with Gasteiger partial charge in [-0.15, -0.1) is 11.3 Å². The van der Waals surface area contributed by atoms with E-state index in [1.165, 1.54) is 0 Å². The average Bonchev–Trinajstić information content (AvgIpc) is 3.03. The van der Waals surface area contributed by atoms with Crippen molar-refractivity contribution in [1.29, 1.82) is 0 Å². The molecule has 6 nitrogen and oxygen atoms in total. The fourth-order valence-corrected chi connectivity index (χ4v) is 3.38. The van der Waals surface area contributed by atoms with Gasteiger partial charge in [0.2, 0.25) is 0 Å². The number of fused-ring (bicyclic) bond motifs is 1. The number of pyridine rings is 1. The molecule has 0 radical (unpaired) electrons. The number of methoxy groups -OCH3 is 1.